The molecule has 0 radical (unpaired) electrons. The highest BCUT2D eigenvalue weighted by Gasteiger charge is 2.36. The maximum Gasteiger partial charge on any atom is 0.157 e. The zero-order valence-corrected chi connectivity index (χ0v) is 17.5. The average Bonchev–Trinajstić information content (AvgIpc) is 3.24. The Labute approximate surface area is 181 Å². The van der Waals surface area contributed by atoms with Crippen molar-refractivity contribution in [2.75, 3.05) is 4.90 Å². The highest BCUT2D eigenvalue weighted by Crippen LogP contribution is 2.51. The largest absolute Gasteiger partial charge is 0.323 e. The van der Waals surface area contributed by atoms with E-state index in [0.717, 1.165) is 28.2 Å². The van der Waals surface area contributed by atoms with Crippen molar-refractivity contribution in [3.05, 3.63) is 102 Å². The minimum atomic E-state index is -0.0507. The minimum Gasteiger partial charge on any atom is -0.323 e. The van der Waals surface area contributed by atoms with Crippen LogP contribution < -0.4 is 4.90 Å². The molecule has 0 unspecified atom stereocenters. The molecule has 5 aromatic rings. The number of para-hydroxylation sites is 2. The van der Waals surface area contributed by atoms with Gasteiger partial charge in [-0.3, -0.25) is 0 Å². The lowest BCUT2D eigenvalue weighted by Gasteiger charge is -2.42. The van der Waals surface area contributed by atoms with Gasteiger partial charge in [0.1, 0.15) is 11.3 Å². The number of nitrogens with zero attached hydrogens (tertiary/aromatic N) is 3. The summed E-state index contributed by atoms with van der Waals surface area (Å²) in [5.74, 6) is 0.834. The van der Waals surface area contributed by atoms with Crippen LogP contribution in [0.5, 0.6) is 0 Å². The highest BCUT2D eigenvalue weighted by atomic mass is 15.2. The molecule has 0 saturated heterocycles. The first-order chi connectivity index (χ1) is 15.1. The molecule has 0 bridgehead atoms. The number of rotatable bonds is 2. The van der Waals surface area contributed by atoms with E-state index in [1.54, 1.807) is 6.20 Å². The maximum atomic E-state index is 4.68. The van der Waals surface area contributed by atoms with E-state index in [1.807, 2.05) is 12.1 Å². The SMILES string of the molecule is CC1(C)c2ccccc2N(c2ccc(-c3nc4cccnc4[nH]3)cc2)c2ccccc21. The summed E-state index contributed by atoms with van der Waals surface area (Å²) in [7, 11) is 0. The van der Waals surface area contributed by atoms with E-state index < -0.39 is 0 Å². The van der Waals surface area contributed by atoms with Crippen LogP contribution in [0.4, 0.5) is 17.1 Å². The second-order valence-corrected chi connectivity index (χ2v) is 8.50. The predicted molar refractivity (Wildman–Crippen MR) is 126 cm³/mol. The summed E-state index contributed by atoms with van der Waals surface area (Å²) in [5.41, 5.74) is 8.94. The van der Waals surface area contributed by atoms with Crippen LogP contribution in [-0.2, 0) is 5.41 Å². The molecule has 0 saturated carbocycles. The number of aromatic amines is 1. The normalized spacial score (nSPS) is 14.3. The van der Waals surface area contributed by atoms with Crippen LogP contribution >= 0.6 is 0 Å². The fourth-order valence-corrected chi connectivity index (χ4v) is 4.70. The minimum absolute atomic E-state index is 0.0507. The van der Waals surface area contributed by atoms with E-state index in [-0.39, 0.29) is 5.41 Å². The van der Waals surface area contributed by atoms with Crippen LogP contribution in [0.1, 0.15) is 25.0 Å². The third-order valence-corrected chi connectivity index (χ3v) is 6.29. The van der Waals surface area contributed by atoms with Gasteiger partial charge in [-0.25, -0.2) is 9.97 Å². The number of hydrogen-bond donors (Lipinski definition) is 1. The highest BCUT2D eigenvalue weighted by molar-refractivity contribution is 5.86. The Morgan fingerprint density at radius 3 is 2.03 bits per heavy atom. The molecule has 150 valence electrons. The standard InChI is InChI=1S/C27H22N4/c1-27(2)20-8-3-5-11-23(20)31(24-12-6-4-9-21(24)27)19-15-13-18(14-16-19)25-29-22-10-7-17-28-26(22)30-25/h3-17H,1-2H3,(H,28,29,30). The van der Waals surface area contributed by atoms with Crippen LogP contribution in [-0.4, -0.2) is 15.0 Å². The molecule has 1 aliphatic rings. The Bertz CT molecular complexity index is 1330. The van der Waals surface area contributed by atoms with Gasteiger partial charge in [-0.15, -0.1) is 0 Å². The van der Waals surface area contributed by atoms with E-state index in [9.17, 15) is 0 Å². The fourth-order valence-electron chi connectivity index (χ4n) is 4.70. The Balaban J connectivity index is 1.47. The number of benzene rings is 3. The van der Waals surface area contributed by atoms with Gasteiger partial charge < -0.3 is 9.88 Å². The van der Waals surface area contributed by atoms with Crippen molar-refractivity contribution >= 4 is 28.2 Å². The van der Waals surface area contributed by atoms with Crippen molar-refractivity contribution < 1.29 is 0 Å². The van der Waals surface area contributed by atoms with Crippen molar-refractivity contribution in [2.45, 2.75) is 19.3 Å². The molecule has 0 spiro atoms. The maximum absolute atomic E-state index is 4.68. The Morgan fingerprint density at radius 2 is 1.39 bits per heavy atom. The number of anilines is 3. The summed E-state index contributed by atoms with van der Waals surface area (Å²) >= 11 is 0. The smallest absolute Gasteiger partial charge is 0.157 e. The van der Waals surface area contributed by atoms with Crippen LogP contribution in [0.2, 0.25) is 0 Å². The summed E-state index contributed by atoms with van der Waals surface area (Å²) in [6.07, 6.45) is 1.78. The number of fused-ring (bicyclic) bond motifs is 3. The summed E-state index contributed by atoms with van der Waals surface area (Å²) in [6, 6.07) is 29.9. The number of H-pyrrole nitrogens is 1. The summed E-state index contributed by atoms with van der Waals surface area (Å²) in [4.78, 5) is 14.7. The monoisotopic (exact) mass is 402 g/mol. The Hall–Kier alpha value is -3.92. The molecule has 4 heteroatoms. The zero-order valence-electron chi connectivity index (χ0n) is 17.5. The molecule has 0 amide bonds. The molecule has 3 heterocycles. The van der Waals surface area contributed by atoms with E-state index in [4.69, 9.17) is 0 Å². The van der Waals surface area contributed by atoms with Crippen LogP contribution in [0, 0.1) is 0 Å². The molecule has 0 fully saturated rings. The quantitative estimate of drug-likeness (QED) is 0.356. The molecule has 0 atom stereocenters. The van der Waals surface area contributed by atoms with Gasteiger partial charge in [-0.05, 0) is 59.7 Å². The first-order valence-corrected chi connectivity index (χ1v) is 10.5. The zero-order chi connectivity index (χ0) is 21.0. The van der Waals surface area contributed by atoms with Gasteiger partial charge in [-0.2, -0.15) is 0 Å². The second kappa shape index (κ2) is 6.54. The second-order valence-electron chi connectivity index (χ2n) is 8.50. The van der Waals surface area contributed by atoms with E-state index in [2.05, 4.69) is 106 Å². The molecule has 1 N–H and O–H groups in total. The van der Waals surface area contributed by atoms with Crippen molar-refractivity contribution in [3.8, 4) is 11.4 Å². The molecule has 0 aliphatic carbocycles. The number of imidazole rings is 1. The lowest BCUT2D eigenvalue weighted by molar-refractivity contribution is 0.632. The van der Waals surface area contributed by atoms with E-state index >= 15 is 0 Å². The number of nitrogens with one attached hydrogen (secondary N) is 1. The molecule has 2 aromatic heterocycles. The Kier molecular flexibility index (Phi) is 3.78. The van der Waals surface area contributed by atoms with Gasteiger partial charge in [0, 0.05) is 22.9 Å². The molecular weight excluding hydrogens is 380 g/mol. The number of aromatic nitrogens is 3. The lowest BCUT2D eigenvalue weighted by atomic mass is 9.73. The average molecular weight is 403 g/mol. The predicted octanol–water partition coefficient (Wildman–Crippen LogP) is 6.73. The van der Waals surface area contributed by atoms with Crippen molar-refractivity contribution in [1.82, 2.24) is 15.0 Å². The fraction of sp³-hybridized carbons (Fsp3) is 0.111. The molecule has 4 nitrogen and oxygen atoms in total. The molecule has 1 aliphatic heterocycles. The molecular formula is C27H22N4. The Morgan fingerprint density at radius 1 is 0.742 bits per heavy atom. The van der Waals surface area contributed by atoms with Crippen molar-refractivity contribution in [3.63, 3.8) is 0 Å². The first-order valence-electron chi connectivity index (χ1n) is 10.5. The van der Waals surface area contributed by atoms with Crippen LogP contribution in [0.3, 0.4) is 0 Å². The molecule has 3 aromatic carbocycles. The van der Waals surface area contributed by atoms with Crippen LogP contribution in [0.25, 0.3) is 22.6 Å². The third kappa shape index (κ3) is 2.68. The first kappa shape index (κ1) is 17.9. The summed E-state index contributed by atoms with van der Waals surface area (Å²) in [5, 5.41) is 0. The number of hydrogen-bond acceptors (Lipinski definition) is 3. The topological polar surface area (TPSA) is 44.8 Å². The lowest BCUT2D eigenvalue weighted by Crippen LogP contribution is -2.30. The van der Waals surface area contributed by atoms with Crippen molar-refractivity contribution in [1.29, 1.82) is 0 Å². The van der Waals surface area contributed by atoms with Gasteiger partial charge in [0.25, 0.3) is 0 Å². The molecule has 31 heavy (non-hydrogen) atoms. The van der Waals surface area contributed by atoms with Crippen LogP contribution in [0.15, 0.2) is 91.1 Å². The third-order valence-electron chi connectivity index (χ3n) is 6.29. The van der Waals surface area contributed by atoms with Gasteiger partial charge in [0.05, 0.1) is 11.4 Å². The number of pyridine rings is 1. The van der Waals surface area contributed by atoms with Crippen molar-refractivity contribution in [2.24, 2.45) is 0 Å². The summed E-state index contributed by atoms with van der Waals surface area (Å²) in [6.45, 7) is 4.61. The molecule has 6 rings (SSSR count). The summed E-state index contributed by atoms with van der Waals surface area (Å²) < 4.78 is 0. The van der Waals surface area contributed by atoms with Gasteiger partial charge in [0.15, 0.2) is 5.65 Å². The van der Waals surface area contributed by atoms with E-state index in [0.29, 0.717) is 0 Å². The van der Waals surface area contributed by atoms with E-state index in [1.165, 1.54) is 22.5 Å². The van der Waals surface area contributed by atoms with Gasteiger partial charge in [0.2, 0.25) is 0 Å². The van der Waals surface area contributed by atoms with Gasteiger partial charge in [-0.1, -0.05) is 50.2 Å². The van der Waals surface area contributed by atoms with Gasteiger partial charge >= 0.3 is 0 Å².